The number of rotatable bonds is 4. The van der Waals surface area contributed by atoms with E-state index in [0.29, 0.717) is 0 Å². The van der Waals surface area contributed by atoms with E-state index >= 15 is 0 Å². The van der Waals surface area contributed by atoms with Gasteiger partial charge in [-0.05, 0) is 52.6 Å². The molecule has 0 aromatic heterocycles. The van der Waals surface area contributed by atoms with Crippen LogP contribution in [0.3, 0.4) is 0 Å². The number of carbonyl (C=O) groups is 1. The first-order chi connectivity index (χ1) is 10.3. The first-order valence-corrected chi connectivity index (χ1v) is 6.55. The highest BCUT2D eigenvalue weighted by molar-refractivity contribution is 6.66. The van der Waals surface area contributed by atoms with Crippen molar-refractivity contribution in [1.29, 1.82) is 0 Å². The largest absolute Gasteiger partial charge is 0.573 e. The van der Waals surface area contributed by atoms with Crippen molar-refractivity contribution >= 4 is 22.9 Å². The Kier molecular flexibility index (Phi) is 4.88. The zero-order valence-corrected chi connectivity index (χ0v) is 11.9. The minimum atomic E-state index is -4.71. The van der Waals surface area contributed by atoms with Crippen LogP contribution in [0.15, 0.2) is 54.6 Å². The van der Waals surface area contributed by atoms with Gasteiger partial charge in [0.25, 0.3) is 0 Å². The number of halogens is 4. The van der Waals surface area contributed by atoms with E-state index in [9.17, 15) is 18.0 Å². The maximum absolute atomic E-state index is 12.1. The van der Waals surface area contributed by atoms with Gasteiger partial charge in [-0.1, -0.05) is 36.4 Å². The molecule has 2 rings (SSSR count). The summed E-state index contributed by atoms with van der Waals surface area (Å²) in [7, 11) is 0. The summed E-state index contributed by atoms with van der Waals surface area (Å²) in [6, 6.07) is 12.7. The Bertz CT molecular complexity index is 691. The van der Waals surface area contributed by atoms with Gasteiger partial charge in [-0.25, -0.2) is 0 Å². The summed E-state index contributed by atoms with van der Waals surface area (Å²) in [4.78, 5) is 10.7. The smallest absolute Gasteiger partial charge is 0.406 e. The molecule has 2 nitrogen and oxygen atoms in total. The van der Waals surface area contributed by atoms with Crippen molar-refractivity contribution in [2.24, 2.45) is 0 Å². The molecule has 0 fully saturated rings. The second-order valence-electron chi connectivity index (χ2n) is 4.34. The highest BCUT2D eigenvalue weighted by Gasteiger charge is 2.30. The highest BCUT2D eigenvalue weighted by Crippen LogP contribution is 2.27. The molecule has 0 bridgehead atoms. The van der Waals surface area contributed by atoms with Crippen molar-refractivity contribution < 1.29 is 22.7 Å². The lowest BCUT2D eigenvalue weighted by Crippen LogP contribution is -2.16. The van der Waals surface area contributed by atoms with Crippen LogP contribution < -0.4 is 4.74 Å². The number of allylic oxidation sites excluding steroid dienone is 1. The second-order valence-corrected chi connectivity index (χ2v) is 4.71. The number of alkyl halides is 3. The summed E-state index contributed by atoms with van der Waals surface area (Å²) in [5, 5.41) is -0.584. The van der Waals surface area contributed by atoms with Gasteiger partial charge in [0.05, 0.1) is 0 Å². The first-order valence-electron chi connectivity index (χ1n) is 6.17. The molecule has 0 spiro atoms. The Morgan fingerprint density at radius 1 is 1.05 bits per heavy atom. The minimum Gasteiger partial charge on any atom is -0.406 e. The Hall–Kier alpha value is -2.27. The summed E-state index contributed by atoms with van der Waals surface area (Å²) < 4.78 is 40.1. The third-order valence-electron chi connectivity index (χ3n) is 2.71. The Balaban J connectivity index is 2.21. The predicted molar refractivity (Wildman–Crippen MR) is 78.5 cm³/mol. The Morgan fingerprint density at radius 2 is 1.73 bits per heavy atom. The standard InChI is InChI=1S/C16H10ClF3O2/c17-15(21)9-4-11-2-1-3-13(10-11)12-5-7-14(8-6-12)22-16(18,19)20/h1-10H. The molecular weight excluding hydrogens is 317 g/mol. The fraction of sp³-hybridized carbons (Fsp3) is 0.0625. The van der Waals surface area contributed by atoms with Gasteiger partial charge >= 0.3 is 6.36 Å². The molecule has 22 heavy (non-hydrogen) atoms. The third kappa shape index (κ3) is 4.93. The molecule has 0 aliphatic heterocycles. The number of carbonyl (C=O) groups excluding carboxylic acids is 1. The van der Waals surface area contributed by atoms with Crippen LogP contribution in [0.4, 0.5) is 13.2 Å². The van der Waals surface area contributed by atoms with E-state index in [0.717, 1.165) is 16.7 Å². The Labute approximate surface area is 129 Å². The lowest BCUT2D eigenvalue weighted by molar-refractivity contribution is -0.274. The van der Waals surface area contributed by atoms with Crippen molar-refractivity contribution in [3.8, 4) is 16.9 Å². The molecule has 0 radical (unpaired) electrons. The number of hydrogen-bond donors (Lipinski definition) is 0. The number of hydrogen-bond acceptors (Lipinski definition) is 2. The average Bonchev–Trinajstić information content (AvgIpc) is 2.44. The zero-order valence-electron chi connectivity index (χ0n) is 11.1. The van der Waals surface area contributed by atoms with Crippen LogP contribution >= 0.6 is 11.6 Å². The first kappa shape index (κ1) is 16.1. The van der Waals surface area contributed by atoms with Crippen LogP contribution in [0.2, 0.25) is 0 Å². The molecule has 0 amide bonds. The van der Waals surface area contributed by atoms with E-state index in [2.05, 4.69) is 4.74 Å². The van der Waals surface area contributed by atoms with Crippen molar-refractivity contribution in [3.63, 3.8) is 0 Å². The summed E-state index contributed by atoms with van der Waals surface area (Å²) in [5.74, 6) is -0.278. The van der Waals surface area contributed by atoms with Crippen LogP contribution in [-0.4, -0.2) is 11.6 Å². The van der Waals surface area contributed by atoms with E-state index in [4.69, 9.17) is 11.6 Å². The number of benzene rings is 2. The molecule has 0 saturated carbocycles. The molecule has 6 heteroatoms. The van der Waals surface area contributed by atoms with Gasteiger partial charge in [0.15, 0.2) is 0 Å². The van der Waals surface area contributed by atoms with Crippen LogP contribution in [-0.2, 0) is 4.79 Å². The highest BCUT2D eigenvalue weighted by atomic mass is 35.5. The lowest BCUT2D eigenvalue weighted by Gasteiger charge is -2.09. The molecule has 0 saturated heterocycles. The van der Waals surface area contributed by atoms with Gasteiger partial charge in [0.2, 0.25) is 5.24 Å². The SMILES string of the molecule is O=C(Cl)C=Cc1cccc(-c2ccc(OC(F)(F)F)cc2)c1. The maximum atomic E-state index is 12.1. The van der Waals surface area contributed by atoms with E-state index in [1.54, 1.807) is 30.3 Å². The zero-order chi connectivity index (χ0) is 16.2. The molecule has 0 aliphatic carbocycles. The van der Waals surface area contributed by atoms with Gasteiger partial charge in [0.1, 0.15) is 5.75 Å². The van der Waals surface area contributed by atoms with Crippen molar-refractivity contribution in [2.75, 3.05) is 0 Å². The summed E-state index contributed by atoms with van der Waals surface area (Å²) in [5.41, 5.74) is 2.27. The van der Waals surface area contributed by atoms with Gasteiger partial charge < -0.3 is 4.74 Å². The van der Waals surface area contributed by atoms with E-state index in [1.807, 2.05) is 0 Å². The second kappa shape index (κ2) is 6.66. The summed E-state index contributed by atoms with van der Waals surface area (Å²) >= 11 is 5.22. The molecule has 0 heterocycles. The van der Waals surface area contributed by atoms with Crippen LogP contribution in [0.5, 0.6) is 5.75 Å². The van der Waals surface area contributed by atoms with Crippen molar-refractivity contribution in [1.82, 2.24) is 0 Å². The maximum Gasteiger partial charge on any atom is 0.573 e. The fourth-order valence-electron chi connectivity index (χ4n) is 1.83. The molecule has 0 N–H and O–H groups in total. The fourth-order valence-corrected chi connectivity index (χ4v) is 1.90. The van der Waals surface area contributed by atoms with Gasteiger partial charge in [-0.3, -0.25) is 4.79 Å². The summed E-state index contributed by atoms with van der Waals surface area (Å²) in [6.45, 7) is 0. The molecule has 2 aromatic carbocycles. The molecule has 2 aromatic rings. The molecule has 0 unspecified atom stereocenters. The lowest BCUT2D eigenvalue weighted by atomic mass is 10.0. The van der Waals surface area contributed by atoms with E-state index in [1.165, 1.54) is 30.3 Å². The average molecular weight is 327 g/mol. The van der Waals surface area contributed by atoms with Crippen LogP contribution in [0.1, 0.15) is 5.56 Å². The normalized spacial score (nSPS) is 11.6. The quantitative estimate of drug-likeness (QED) is 0.582. The van der Waals surface area contributed by atoms with Crippen molar-refractivity contribution in [3.05, 3.63) is 60.2 Å². The molecule has 0 atom stereocenters. The van der Waals surface area contributed by atoms with Crippen molar-refractivity contribution in [2.45, 2.75) is 6.36 Å². The minimum absolute atomic E-state index is 0.278. The van der Waals surface area contributed by atoms with Gasteiger partial charge in [-0.15, -0.1) is 13.2 Å². The van der Waals surface area contributed by atoms with E-state index < -0.39 is 11.6 Å². The molecule has 0 aliphatic rings. The van der Waals surface area contributed by atoms with Crippen LogP contribution in [0, 0.1) is 0 Å². The summed E-state index contributed by atoms with van der Waals surface area (Å²) in [6.07, 6.45) is -1.93. The van der Waals surface area contributed by atoms with E-state index in [-0.39, 0.29) is 5.75 Å². The van der Waals surface area contributed by atoms with Crippen LogP contribution in [0.25, 0.3) is 17.2 Å². The Morgan fingerprint density at radius 3 is 2.32 bits per heavy atom. The third-order valence-corrected chi connectivity index (χ3v) is 2.84. The molecule has 114 valence electrons. The van der Waals surface area contributed by atoms with Gasteiger partial charge in [-0.2, -0.15) is 0 Å². The predicted octanol–water partition coefficient (Wildman–Crippen LogP) is 5.03. The number of ether oxygens (including phenoxy) is 1. The van der Waals surface area contributed by atoms with Gasteiger partial charge in [0, 0.05) is 0 Å². The topological polar surface area (TPSA) is 26.3 Å². The molecular formula is C16H10ClF3O2. The monoisotopic (exact) mass is 326 g/mol.